The van der Waals surface area contributed by atoms with Gasteiger partial charge in [0.15, 0.2) is 6.61 Å². The zero-order valence-corrected chi connectivity index (χ0v) is 14.5. The average Bonchev–Trinajstić information content (AvgIpc) is 2.58. The van der Waals surface area contributed by atoms with Gasteiger partial charge in [0, 0.05) is 17.1 Å². The molecule has 3 amide bonds. The lowest BCUT2D eigenvalue weighted by Gasteiger charge is -2.12. The first-order chi connectivity index (χ1) is 11.9. The molecule has 7 heteroatoms. The van der Waals surface area contributed by atoms with Crippen LogP contribution in [0.15, 0.2) is 30.3 Å². The first-order valence-electron chi connectivity index (χ1n) is 8.04. The second-order valence-electron chi connectivity index (χ2n) is 5.74. The van der Waals surface area contributed by atoms with Crippen molar-refractivity contribution in [3.63, 3.8) is 0 Å². The molecule has 1 aromatic carbocycles. The van der Waals surface area contributed by atoms with E-state index in [0.717, 1.165) is 6.42 Å². The Labute approximate surface area is 145 Å². The van der Waals surface area contributed by atoms with Gasteiger partial charge in [0.05, 0.1) is 11.1 Å². The first kappa shape index (κ1) is 18.4. The molecule has 7 nitrogen and oxygen atoms in total. The van der Waals surface area contributed by atoms with Crippen LogP contribution in [0.2, 0.25) is 0 Å². The number of ether oxygens (including phenoxy) is 1. The summed E-state index contributed by atoms with van der Waals surface area (Å²) in [6, 6.07) is 8.12. The second kappa shape index (κ2) is 8.23. The van der Waals surface area contributed by atoms with Gasteiger partial charge in [0.25, 0.3) is 5.91 Å². The Morgan fingerprint density at radius 3 is 2.68 bits per heavy atom. The third kappa shape index (κ3) is 5.00. The number of nitrogens with zero attached hydrogens (tertiary/aromatic N) is 1. The summed E-state index contributed by atoms with van der Waals surface area (Å²) in [7, 11) is 0. The SMILES string of the molecule is CC[C@H](C)NC(=O)NC(=O)COC(=O)c1cc(C)nc2ccccc12. The number of para-hydroxylation sites is 1. The summed E-state index contributed by atoms with van der Waals surface area (Å²) >= 11 is 0. The van der Waals surface area contributed by atoms with Gasteiger partial charge in [-0.25, -0.2) is 9.59 Å². The van der Waals surface area contributed by atoms with E-state index in [4.69, 9.17) is 4.74 Å². The van der Waals surface area contributed by atoms with Gasteiger partial charge in [0.2, 0.25) is 0 Å². The van der Waals surface area contributed by atoms with Crippen LogP contribution in [0.1, 0.15) is 36.3 Å². The number of nitrogens with one attached hydrogen (secondary N) is 2. The lowest BCUT2D eigenvalue weighted by atomic mass is 10.1. The van der Waals surface area contributed by atoms with E-state index in [1.807, 2.05) is 19.9 Å². The van der Waals surface area contributed by atoms with Gasteiger partial charge in [-0.3, -0.25) is 15.1 Å². The number of imide groups is 1. The van der Waals surface area contributed by atoms with Gasteiger partial charge >= 0.3 is 12.0 Å². The van der Waals surface area contributed by atoms with Crippen LogP contribution in [-0.2, 0) is 9.53 Å². The molecule has 0 spiro atoms. The number of rotatable bonds is 5. The van der Waals surface area contributed by atoms with Crippen LogP contribution >= 0.6 is 0 Å². The standard InChI is InChI=1S/C18H21N3O4/c1-4-11(2)20-18(24)21-16(22)10-25-17(23)14-9-12(3)19-15-8-6-5-7-13(14)15/h5-9,11H,4,10H2,1-3H3,(H2,20,21,22,24)/t11-/m0/s1. The van der Waals surface area contributed by atoms with Crippen molar-refractivity contribution in [3.8, 4) is 0 Å². The molecule has 0 saturated carbocycles. The summed E-state index contributed by atoms with van der Waals surface area (Å²) in [5.41, 5.74) is 1.68. The molecule has 1 atom stereocenters. The highest BCUT2D eigenvalue weighted by Gasteiger charge is 2.16. The Bertz CT molecular complexity index is 804. The maximum absolute atomic E-state index is 12.3. The second-order valence-corrected chi connectivity index (χ2v) is 5.74. The zero-order chi connectivity index (χ0) is 18.4. The number of hydrogen-bond donors (Lipinski definition) is 2. The largest absolute Gasteiger partial charge is 0.452 e. The van der Waals surface area contributed by atoms with Crippen molar-refractivity contribution in [1.29, 1.82) is 0 Å². The number of urea groups is 1. The van der Waals surface area contributed by atoms with Gasteiger partial charge < -0.3 is 10.1 Å². The van der Waals surface area contributed by atoms with E-state index in [2.05, 4.69) is 15.6 Å². The lowest BCUT2D eigenvalue weighted by Crippen LogP contribution is -2.44. The molecule has 0 aliphatic rings. The molecule has 2 N–H and O–H groups in total. The first-order valence-corrected chi connectivity index (χ1v) is 8.04. The molecule has 0 saturated heterocycles. The van der Waals surface area contributed by atoms with Crippen LogP contribution in [0.5, 0.6) is 0 Å². The third-order valence-electron chi connectivity index (χ3n) is 3.64. The Hall–Kier alpha value is -2.96. The van der Waals surface area contributed by atoms with E-state index in [9.17, 15) is 14.4 Å². The van der Waals surface area contributed by atoms with Crippen molar-refractivity contribution >= 4 is 28.8 Å². The predicted molar refractivity (Wildman–Crippen MR) is 93.2 cm³/mol. The molecule has 2 rings (SSSR count). The number of carbonyl (C=O) groups excluding carboxylic acids is 3. The van der Waals surface area contributed by atoms with E-state index in [-0.39, 0.29) is 6.04 Å². The van der Waals surface area contributed by atoms with Crippen molar-refractivity contribution in [2.24, 2.45) is 0 Å². The third-order valence-corrected chi connectivity index (χ3v) is 3.64. The van der Waals surface area contributed by atoms with Gasteiger partial charge in [-0.05, 0) is 32.4 Å². The summed E-state index contributed by atoms with van der Waals surface area (Å²) in [5.74, 6) is -1.33. The number of esters is 1. The van der Waals surface area contributed by atoms with Gasteiger partial charge in [-0.1, -0.05) is 25.1 Å². The maximum atomic E-state index is 12.3. The van der Waals surface area contributed by atoms with E-state index < -0.39 is 24.5 Å². The molecule has 1 aromatic heterocycles. The van der Waals surface area contributed by atoms with Crippen LogP contribution in [-0.4, -0.2) is 35.5 Å². The highest BCUT2D eigenvalue weighted by Crippen LogP contribution is 2.18. The van der Waals surface area contributed by atoms with Crippen LogP contribution in [0, 0.1) is 6.92 Å². The summed E-state index contributed by atoms with van der Waals surface area (Å²) < 4.78 is 5.03. The molecule has 25 heavy (non-hydrogen) atoms. The number of aromatic nitrogens is 1. The fraction of sp³-hybridized carbons (Fsp3) is 0.333. The Morgan fingerprint density at radius 2 is 1.96 bits per heavy atom. The number of hydrogen-bond acceptors (Lipinski definition) is 5. The van der Waals surface area contributed by atoms with E-state index in [0.29, 0.717) is 22.2 Å². The van der Waals surface area contributed by atoms with Crippen LogP contribution in [0.3, 0.4) is 0 Å². The van der Waals surface area contributed by atoms with Crippen LogP contribution in [0.4, 0.5) is 4.79 Å². The Kier molecular flexibility index (Phi) is 6.05. The number of pyridine rings is 1. The lowest BCUT2D eigenvalue weighted by molar-refractivity contribution is -0.123. The maximum Gasteiger partial charge on any atom is 0.339 e. The van der Waals surface area contributed by atoms with Crippen molar-refractivity contribution < 1.29 is 19.1 Å². The van der Waals surface area contributed by atoms with Crippen molar-refractivity contribution in [1.82, 2.24) is 15.6 Å². The highest BCUT2D eigenvalue weighted by molar-refractivity contribution is 6.04. The quantitative estimate of drug-likeness (QED) is 0.812. The number of benzene rings is 1. The summed E-state index contributed by atoms with van der Waals surface area (Å²) in [6.07, 6.45) is 0.741. The molecular formula is C18H21N3O4. The Balaban J connectivity index is 1.99. The molecule has 0 radical (unpaired) electrons. The monoisotopic (exact) mass is 343 g/mol. The highest BCUT2D eigenvalue weighted by atomic mass is 16.5. The molecule has 0 aliphatic heterocycles. The summed E-state index contributed by atoms with van der Waals surface area (Å²) in [6.45, 7) is 4.97. The molecule has 1 heterocycles. The zero-order valence-electron chi connectivity index (χ0n) is 14.5. The van der Waals surface area contributed by atoms with E-state index >= 15 is 0 Å². The minimum absolute atomic E-state index is 0.0542. The fourth-order valence-electron chi connectivity index (χ4n) is 2.21. The van der Waals surface area contributed by atoms with Crippen molar-refractivity contribution in [2.75, 3.05) is 6.61 Å². The number of fused-ring (bicyclic) bond motifs is 1. The average molecular weight is 343 g/mol. The molecule has 0 aliphatic carbocycles. The Morgan fingerprint density at radius 1 is 1.24 bits per heavy atom. The molecule has 0 unspecified atom stereocenters. The molecule has 0 bridgehead atoms. The van der Waals surface area contributed by atoms with Crippen molar-refractivity contribution in [3.05, 3.63) is 41.6 Å². The normalized spacial score (nSPS) is 11.6. The van der Waals surface area contributed by atoms with Crippen LogP contribution < -0.4 is 10.6 Å². The van der Waals surface area contributed by atoms with Gasteiger partial charge in [-0.15, -0.1) is 0 Å². The topological polar surface area (TPSA) is 97.4 Å². The minimum atomic E-state index is -0.691. The number of amides is 3. The predicted octanol–water partition coefficient (Wildman–Crippen LogP) is 2.32. The minimum Gasteiger partial charge on any atom is -0.452 e. The summed E-state index contributed by atoms with van der Waals surface area (Å²) in [4.78, 5) is 39.9. The van der Waals surface area contributed by atoms with Gasteiger partial charge in [-0.2, -0.15) is 0 Å². The molecule has 0 fully saturated rings. The van der Waals surface area contributed by atoms with Crippen LogP contribution in [0.25, 0.3) is 10.9 Å². The number of carbonyl (C=O) groups is 3. The number of aryl methyl sites for hydroxylation is 1. The van der Waals surface area contributed by atoms with Gasteiger partial charge in [0.1, 0.15) is 0 Å². The summed E-state index contributed by atoms with van der Waals surface area (Å²) in [5, 5.41) is 5.36. The molecule has 132 valence electrons. The van der Waals surface area contributed by atoms with E-state index in [1.54, 1.807) is 31.2 Å². The fourth-order valence-corrected chi connectivity index (χ4v) is 2.21. The van der Waals surface area contributed by atoms with Crippen molar-refractivity contribution in [2.45, 2.75) is 33.2 Å². The smallest absolute Gasteiger partial charge is 0.339 e. The van der Waals surface area contributed by atoms with E-state index in [1.165, 1.54) is 0 Å². The molecular weight excluding hydrogens is 322 g/mol. The molecule has 2 aromatic rings.